The van der Waals surface area contributed by atoms with Crippen LogP contribution in [0.15, 0.2) is 0 Å². The molecule has 0 spiro atoms. The highest BCUT2D eigenvalue weighted by atomic mass is 28.1. The minimum Gasteiger partial charge on any atom is -0.389 e. The van der Waals surface area contributed by atoms with Gasteiger partial charge < -0.3 is 15.3 Å². The van der Waals surface area contributed by atoms with Gasteiger partial charge in [0.15, 0.2) is 0 Å². The average Bonchev–Trinajstić information content (AvgIpc) is 2.11. The fourth-order valence-corrected chi connectivity index (χ4v) is 0.323. The monoisotopic (exact) mass is 197 g/mol. The first kappa shape index (κ1) is 14.0. The highest BCUT2D eigenvalue weighted by Crippen LogP contribution is 2.05. The van der Waals surface area contributed by atoms with Crippen LogP contribution in [0, 0.1) is 10.1 Å². The largest absolute Gasteiger partial charge is 0.389 e. The van der Waals surface area contributed by atoms with E-state index in [2.05, 4.69) is 6.55 Å². The van der Waals surface area contributed by atoms with Gasteiger partial charge in [0.1, 0.15) is 19.8 Å². The van der Waals surface area contributed by atoms with Gasteiger partial charge in [-0.05, 0) is 10.2 Å². The van der Waals surface area contributed by atoms with Crippen LogP contribution in [-0.4, -0.2) is 55.8 Å². The first-order chi connectivity index (χ1) is 5.63. The molecule has 0 heterocycles. The Morgan fingerprint density at radius 2 is 1.50 bits per heavy atom. The Bertz CT molecular complexity index is 119. The molecule has 0 aliphatic rings. The molecule has 74 valence electrons. The van der Waals surface area contributed by atoms with Gasteiger partial charge in [0.2, 0.25) is 0 Å². The van der Waals surface area contributed by atoms with E-state index in [1.54, 1.807) is 0 Å². The van der Waals surface area contributed by atoms with Crippen molar-refractivity contribution in [2.75, 3.05) is 19.8 Å². The molecule has 12 heavy (non-hydrogen) atoms. The Morgan fingerprint density at radius 1 is 1.25 bits per heavy atom. The number of hydrogen-bond acceptors (Lipinski definition) is 5. The van der Waals surface area contributed by atoms with Crippen LogP contribution in [0.25, 0.3) is 0 Å². The van der Waals surface area contributed by atoms with Crippen molar-refractivity contribution in [3.63, 3.8) is 0 Å². The summed E-state index contributed by atoms with van der Waals surface area (Å²) in [5.41, 5.74) is -1.99. The summed E-state index contributed by atoms with van der Waals surface area (Å²) >= 11 is 0. The second-order valence-corrected chi connectivity index (χ2v) is 1.96. The molecule has 0 aromatic rings. The maximum atomic E-state index is 10.0. The van der Waals surface area contributed by atoms with Gasteiger partial charge in [-0.25, -0.2) is 0 Å². The Hall–Kier alpha value is -0.503. The average molecular weight is 197 g/mol. The van der Waals surface area contributed by atoms with Gasteiger partial charge in [0, 0.05) is 4.92 Å². The topological polar surface area (TPSA) is 104 Å². The highest BCUT2D eigenvalue weighted by Gasteiger charge is 2.41. The first-order valence-corrected chi connectivity index (χ1v) is 5.60. The number of nitrogens with zero attached hydrogens (tertiary/aromatic N) is 1. The van der Waals surface area contributed by atoms with Crippen LogP contribution >= 0.6 is 0 Å². The summed E-state index contributed by atoms with van der Waals surface area (Å²) in [5.74, 6) is 0. The number of hydrogen-bond donors (Lipinski definition) is 3. The van der Waals surface area contributed by atoms with Crippen molar-refractivity contribution in [2.24, 2.45) is 0 Å². The van der Waals surface area contributed by atoms with E-state index in [-0.39, 0.29) is 0 Å². The van der Waals surface area contributed by atoms with E-state index in [0.29, 0.717) is 0 Å². The minimum atomic E-state index is -1.99. The standard InChI is InChI=1S/C4H9NO5.CH6Si/c6-1-4(2-7,3-8)5(9)10;1-2/h6-8H,1-3H2;1-2H3. The van der Waals surface area contributed by atoms with Crippen LogP contribution < -0.4 is 0 Å². The van der Waals surface area contributed by atoms with E-state index in [1.165, 1.54) is 10.2 Å². The molecule has 7 heteroatoms. The van der Waals surface area contributed by atoms with Crippen molar-refractivity contribution >= 4 is 10.2 Å². The molecule has 0 fully saturated rings. The van der Waals surface area contributed by atoms with Crippen LogP contribution in [0.3, 0.4) is 0 Å². The first-order valence-electron chi connectivity index (χ1n) is 3.60. The highest BCUT2D eigenvalue weighted by molar-refractivity contribution is 6.05. The second kappa shape index (κ2) is 7.16. The number of rotatable bonds is 4. The zero-order chi connectivity index (χ0) is 10.2. The molecule has 0 radical (unpaired) electrons. The predicted molar refractivity (Wildman–Crippen MR) is 46.8 cm³/mol. The van der Waals surface area contributed by atoms with Gasteiger partial charge in [0.05, 0.1) is 0 Å². The molecule has 0 aliphatic heterocycles. The molecule has 0 bridgehead atoms. The molecule has 0 atom stereocenters. The van der Waals surface area contributed by atoms with Gasteiger partial charge >= 0.3 is 0 Å². The van der Waals surface area contributed by atoms with E-state index in [4.69, 9.17) is 15.3 Å². The molecular formula is C5H15NO5Si. The maximum Gasteiger partial charge on any atom is 0.289 e. The van der Waals surface area contributed by atoms with Gasteiger partial charge in [-0.1, -0.05) is 6.55 Å². The summed E-state index contributed by atoms with van der Waals surface area (Å²) in [6.45, 7) is -0.465. The summed E-state index contributed by atoms with van der Waals surface area (Å²) in [6.07, 6.45) is 0. The molecule has 3 N–H and O–H groups in total. The third-order valence-electron chi connectivity index (χ3n) is 1.27. The van der Waals surface area contributed by atoms with E-state index < -0.39 is 30.3 Å². The predicted octanol–water partition coefficient (Wildman–Crippen LogP) is -2.62. The van der Waals surface area contributed by atoms with Crippen LogP contribution in [0.1, 0.15) is 0 Å². The van der Waals surface area contributed by atoms with Crippen LogP contribution in [-0.2, 0) is 0 Å². The fraction of sp³-hybridized carbons (Fsp3) is 1.00. The molecule has 0 amide bonds. The van der Waals surface area contributed by atoms with Crippen molar-refractivity contribution in [1.82, 2.24) is 0 Å². The zero-order valence-electron chi connectivity index (χ0n) is 7.23. The van der Waals surface area contributed by atoms with Crippen molar-refractivity contribution in [3.05, 3.63) is 10.1 Å². The zero-order valence-corrected chi connectivity index (χ0v) is 9.23. The lowest BCUT2D eigenvalue weighted by molar-refractivity contribution is -0.580. The Balaban J connectivity index is 0. The van der Waals surface area contributed by atoms with Gasteiger partial charge in [-0.15, -0.1) is 0 Å². The lowest BCUT2D eigenvalue weighted by Gasteiger charge is -2.16. The molecule has 0 aromatic heterocycles. The summed E-state index contributed by atoms with van der Waals surface area (Å²) in [7, 11) is 1.31. The number of aliphatic hydroxyl groups excluding tert-OH is 3. The van der Waals surface area contributed by atoms with Crippen molar-refractivity contribution in [2.45, 2.75) is 12.1 Å². The van der Waals surface area contributed by atoms with E-state index in [9.17, 15) is 10.1 Å². The lowest BCUT2D eigenvalue weighted by Crippen LogP contribution is -2.49. The van der Waals surface area contributed by atoms with E-state index >= 15 is 0 Å². The molecule has 0 aromatic carbocycles. The molecule has 0 saturated carbocycles. The third-order valence-corrected chi connectivity index (χ3v) is 1.27. The minimum absolute atomic E-state index is 0.868. The van der Waals surface area contributed by atoms with E-state index in [1.807, 2.05) is 0 Å². The normalized spacial score (nSPS) is 10.3. The molecular weight excluding hydrogens is 182 g/mol. The number of aliphatic hydroxyl groups is 3. The van der Waals surface area contributed by atoms with Gasteiger partial charge in [-0.3, -0.25) is 10.1 Å². The molecule has 0 saturated heterocycles. The van der Waals surface area contributed by atoms with Crippen LogP contribution in [0.2, 0.25) is 6.55 Å². The smallest absolute Gasteiger partial charge is 0.289 e. The van der Waals surface area contributed by atoms with Crippen LogP contribution in [0.4, 0.5) is 0 Å². The summed E-state index contributed by atoms with van der Waals surface area (Å²) < 4.78 is 0. The summed E-state index contributed by atoms with van der Waals surface area (Å²) in [4.78, 5) is 9.14. The SMILES string of the molecule is C[SiH3].O=[N+]([O-])C(CO)(CO)CO. The Kier molecular flexibility index (Phi) is 8.38. The summed E-state index contributed by atoms with van der Waals surface area (Å²) in [5, 5.41) is 35.2. The van der Waals surface area contributed by atoms with Crippen LogP contribution in [0.5, 0.6) is 0 Å². The fourth-order valence-electron chi connectivity index (χ4n) is 0.323. The van der Waals surface area contributed by atoms with Gasteiger partial charge in [0.25, 0.3) is 5.54 Å². The maximum absolute atomic E-state index is 10.0. The lowest BCUT2D eigenvalue weighted by atomic mass is 10.1. The molecule has 0 rings (SSSR count). The van der Waals surface area contributed by atoms with E-state index in [0.717, 1.165) is 0 Å². The third kappa shape index (κ3) is 3.26. The van der Waals surface area contributed by atoms with Crippen molar-refractivity contribution in [1.29, 1.82) is 0 Å². The van der Waals surface area contributed by atoms with Crippen molar-refractivity contribution in [3.8, 4) is 0 Å². The summed E-state index contributed by atoms with van der Waals surface area (Å²) in [6, 6.07) is 0. The molecule has 0 aliphatic carbocycles. The van der Waals surface area contributed by atoms with Gasteiger partial charge in [-0.2, -0.15) is 0 Å². The number of nitro groups is 1. The quantitative estimate of drug-likeness (QED) is 0.260. The Labute approximate surface area is 73.4 Å². The molecule has 6 nitrogen and oxygen atoms in total. The van der Waals surface area contributed by atoms with Crippen molar-refractivity contribution < 1.29 is 20.2 Å². The second-order valence-electron chi connectivity index (χ2n) is 1.96. The molecule has 0 unspecified atom stereocenters. The Morgan fingerprint density at radius 3 is 1.50 bits per heavy atom.